The van der Waals surface area contributed by atoms with Crippen molar-refractivity contribution in [1.82, 2.24) is 40.2 Å². The number of hydrogen-bond acceptors (Lipinski definition) is 7. The fraction of sp³-hybridized carbons (Fsp3) is 0.172. The molecule has 0 unspecified atom stereocenters. The van der Waals surface area contributed by atoms with E-state index in [2.05, 4.69) is 54.2 Å². The van der Waals surface area contributed by atoms with Gasteiger partial charge in [0.2, 0.25) is 10.0 Å². The summed E-state index contributed by atoms with van der Waals surface area (Å²) < 4.78 is 40.0. The van der Waals surface area contributed by atoms with Crippen molar-refractivity contribution in [2.75, 3.05) is 12.8 Å². The van der Waals surface area contributed by atoms with Crippen LogP contribution in [0.25, 0.3) is 55.8 Å². The number of halogens is 1. The second kappa shape index (κ2) is 10.8. The maximum absolute atomic E-state index is 14.5. The Balaban J connectivity index is 1.39. The maximum atomic E-state index is 14.5. The average molecular weight is 571 g/mol. The van der Waals surface area contributed by atoms with E-state index in [0.29, 0.717) is 39.4 Å². The van der Waals surface area contributed by atoms with Crippen LogP contribution in [0.15, 0.2) is 67.1 Å². The van der Waals surface area contributed by atoms with Gasteiger partial charge in [-0.05, 0) is 65.7 Å². The van der Waals surface area contributed by atoms with Crippen molar-refractivity contribution in [3.05, 3.63) is 84.1 Å². The third-order valence-corrected chi connectivity index (χ3v) is 7.33. The number of rotatable bonds is 9. The lowest BCUT2D eigenvalue weighted by Crippen LogP contribution is -2.21. The highest BCUT2D eigenvalue weighted by Crippen LogP contribution is 2.33. The van der Waals surface area contributed by atoms with Gasteiger partial charge in [0.25, 0.3) is 0 Å². The molecule has 6 rings (SSSR count). The van der Waals surface area contributed by atoms with Gasteiger partial charge in [0, 0.05) is 48.2 Å². The molecule has 0 fully saturated rings. The average Bonchev–Trinajstić information content (AvgIpc) is 3.58. The van der Waals surface area contributed by atoms with Crippen LogP contribution in [0.5, 0.6) is 0 Å². The molecule has 0 atom stereocenters. The van der Waals surface area contributed by atoms with Gasteiger partial charge in [0.1, 0.15) is 17.0 Å². The first-order valence-corrected chi connectivity index (χ1v) is 14.9. The van der Waals surface area contributed by atoms with E-state index in [0.717, 1.165) is 46.9 Å². The number of aromatic amines is 2. The molecule has 0 spiro atoms. The van der Waals surface area contributed by atoms with Crippen molar-refractivity contribution in [3.8, 4) is 33.9 Å². The smallest absolute Gasteiger partial charge is 0.209 e. The Bertz CT molecular complexity index is 2000. The van der Waals surface area contributed by atoms with Crippen LogP contribution in [0.4, 0.5) is 4.39 Å². The monoisotopic (exact) mass is 570 g/mol. The summed E-state index contributed by atoms with van der Waals surface area (Å²) in [5.74, 6) is 0.0317. The molecule has 0 bridgehead atoms. The van der Waals surface area contributed by atoms with Gasteiger partial charge >= 0.3 is 0 Å². The van der Waals surface area contributed by atoms with Crippen molar-refractivity contribution >= 4 is 32.0 Å². The lowest BCUT2D eigenvalue weighted by molar-refractivity contribution is 0.586. The largest absolute Gasteiger partial charge is 0.336 e. The molecular formula is C29H27FN8O2S. The topological polar surface area (TPSA) is 141 Å². The Labute approximate surface area is 235 Å². The van der Waals surface area contributed by atoms with Crippen LogP contribution < -0.4 is 10.0 Å². The van der Waals surface area contributed by atoms with Crippen LogP contribution in [-0.4, -0.2) is 51.4 Å². The molecule has 0 amide bonds. The van der Waals surface area contributed by atoms with E-state index in [-0.39, 0.29) is 6.54 Å². The van der Waals surface area contributed by atoms with Crippen LogP contribution in [0.1, 0.15) is 18.1 Å². The Morgan fingerprint density at radius 3 is 2.59 bits per heavy atom. The molecule has 0 radical (unpaired) electrons. The highest BCUT2D eigenvalue weighted by atomic mass is 32.2. The molecule has 41 heavy (non-hydrogen) atoms. The SMILES string of the molecule is CCNCc1cncc(-c2ccc3[nH]nc(-c4nc5c(-c6cc(F)cc(CNS(C)(=O)=O)c6)nccc5[nH]4)c3c2)c1. The number of aromatic nitrogens is 6. The van der Waals surface area contributed by atoms with Crippen LogP contribution in [-0.2, 0) is 23.1 Å². The van der Waals surface area contributed by atoms with E-state index < -0.39 is 15.8 Å². The zero-order valence-electron chi connectivity index (χ0n) is 22.4. The number of pyridine rings is 2. The number of nitrogens with zero attached hydrogens (tertiary/aromatic N) is 4. The maximum Gasteiger partial charge on any atom is 0.209 e. The first-order valence-electron chi connectivity index (χ1n) is 13.0. The van der Waals surface area contributed by atoms with E-state index in [9.17, 15) is 12.8 Å². The van der Waals surface area contributed by atoms with E-state index >= 15 is 0 Å². The van der Waals surface area contributed by atoms with Crippen molar-refractivity contribution in [2.45, 2.75) is 20.0 Å². The van der Waals surface area contributed by atoms with Gasteiger partial charge in [0.05, 0.1) is 23.0 Å². The number of imidazole rings is 1. The summed E-state index contributed by atoms with van der Waals surface area (Å²) in [6.07, 6.45) is 6.38. The molecule has 0 saturated heterocycles. The van der Waals surface area contributed by atoms with Crippen LogP contribution in [0, 0.1) is 5.82 Å². The molecule has 2 aromatic carbocycles. The lowest BCUT2D eigenvalue weighted by Gasteiger charge is -2.07. The zero-order valence-corrected chi connectivity index (χ0v) is 23.2. The molecular weight excluding hydrogens is 543 g/mol. The Kier molecular flexibility index (Phi) is 7.03. The molecule has 10 nitrogen and oxygen atoms in total. The Morgan fingerprint density at radius 2 is 1.76 bits per heavy atom. The first-order chi connectivity index (χ1) is 19.8. The number of sulfonamides is 1. The number of nitrogens with one attached hydrogen (secondary N) is 4. The van der Waals surface area contributed by atoms with Gasteiger partial charge in [-0.25, -0.2) is 22.5 Å². The molecule has 0 aliphatic heterocycles. The van der Waals surface area contributed by atoms with Crippen LogP contribution in [0.2, 0.25) is 0 Å². The number of hydrogen-bond donors (Lipinski definition) is 4. The number of benzene rings is 2. The van der Waals surface area contributed by atoms with Crippen molar-refractivity contribution < 1.29 is 12.8 Å². The van der Waals surface area contributed by atoms with Crippen LogP contribution in [0.3, 0.4) is 0 Å². The summed E-state index contributed by atoms with van der Waals surface area (Å²) in [5.41, 5.74) is 7.26. The van der Waals surface area contributed by atoms with E-state index in [1.165, 1.54) is 12.1 Å². The Hall–Kier alpha value is -4.52. The third kappa shape index (κ3) is 5.71. The molecule has 4 aromatic heterocycles. The molecule has 208 valence electrons. The Morgan fingerprint density at radius 1 is 0.902 bits per heavy atom. The van der Waals surface area contributed by atoms with Crippen LogP contribution >= 0.6 is 0 Å². The molecule has 4 heterocycles. The highest BCUT2D eigenvalue weighted by Gasteiger charge is 2.17. The molecule has 12 heteroatoms. The third-order valence-electron chi connectivity index (χ3n) is 6.66. The van der Waals surface area contributed by atoms with Gasteiger partial charge in [0.15, 0.2) is 5.82 Å². The first kappa shape index (κ1) is 26.7. The van der Waals surface area contributed by atoms with Gasteiger partial charge in [-0.2, -0.15) is 5.10 Å². The minimum atomic E-state index is -3.44. The molecule has 4 N–H and O–H groups in total. The molecule has 0 saturated carbocycles. The summed E-state index contributed by atoms with van der Waals surface area (Å²) in [5, 5.41) is 11.8. The summed E-state index contributed by atoms with van der Waals surface area (Å²) in [6.45, 7) is 3.65. The zero-order chi connectivity index (χ0) is 28.6. The van der Waals surface area contributed by atoms with E-state index in [4.69, 9.17) is 4.98 Å². The molecule has 0 aliphatic rings. The van der Waals surface area contributed by atoms with E-state index in [1.807, 2.05) is 24.5 Å². The fourth-order valence-electron chi connectivity index (χ4n) is 4.75. The normalized spacial score (nSPS) is 12.0. The van der Waals surface area contributed by atoms with E-state index in [1.54, 1.807) is 18.3 Å². The number of H-pyrrole nitrogens is 2. The van der Waals surface area contributed by atoms with Crippen molar-refractivity contribution in [3.63, 3.8) is 0 Å². The second-order valence-corrected chi connectivity index (χ2v) is 11.6. The van der Waals surface area contributed by atoms with Gasteiger partial charge in [-0.1, -0.05) is 13.0 Å². The quantitative estimate of drug-likeness (QED) is 0.200. The lowest BCUT2D eigenvalue weighted by atomic mass is 10.0. The fourth-order valence-corrected chi connectivity index (χ4v) is 5.18. The summed E-state index contributed by atoms with van der Waals surface area (Å²) >= 11 is 0. The summed E-state index contributed by atoms with van der Waals surface area (Å²) in [6, 6.07) is 14.3. The standard InChI is InChI=1S/C29H27FN8O2S/c1-3-31-13-18-9-21(16-32-14-18)19-4-5-24-23(12-19)27(38-37-24)29-35-25-6-7-33-26(28(25)36-29)20-8-17(10-22(30)11-20)15-34-41(2,39)40/h4-12,14,16,31,34H,3,13,15H2,1-2H3,(H,35,36)(H,37,38). The predicted octanol–water partition coefficient (Wildman–Crippen LogP) is 4.53. The second-order valence-electron chi connectivity index (χ2n) is 9.78. The predicted molar refractivity (Wildman–Crippen MR) is 157 cm³/mol. The van der Waals surface area contributed by atoms with Crippen molar-refractivity contribution in [1.29, 1.82) is 0 Å². The molecule has 6 aromatic rings. The molecule has 0 aliphatic carbocycles. The minimum absolute atomic E-state index is 0.0411. The summed E-state index contributed by atoms with van der Waals surface area (Å²) in [4.78, 5) is 17.0. The van der Waals surface area contributed by atoms with Gasteiger partial charge < -0.3 is 10.3 Å². The highest BCUT2D eigenvalue weighted by molar-refractivity contribution is 7.88. The van der Waals surface area contributed by atoms with Gasteiger partial charge in [-0.15, -0.1) is 0 Å². The summed E-state index contributed by atoms with van der Waals surface area (Å²) in [7, 11) is -3.44. The minimum Gasteiger partial charge on any atom is -0.336 e. The van der Waals surface area contributed by atoms with Crippen molar-refractivity contribution in [2.24, 2.45) is 0 Å². The number of fused-ring (bicyclic) bond motifs is 2. The van der Waals surface area contributed by atoms with Gasteiger partial charge in [-0.3, -0.25) is 15.1 Å².